The lowest BCUT2D eigenvalue weighted by atomic mass is 10.1. The zero-order valence-corrected chi connectivity index (χ0v) is 9.45. The van der Waals surface area contributed by atoms with Crippen LogP contribution in [-0.2, 0) is 9.53 Å². The van der Waals surface area contributed by atoms with E-state index in [1.807, 2.05) is 6.08 Å². The van der Waals surface area contributed by atoms with E-state index in [4.69, 9.17) is 4.74 Å². The Bertz CT molecular complexity index is 304. The van der Waals surface area contributed by atoms with Gasteiger partial charge in [-0.3, -0.25) is 9.69 Å². The highest BCUT2D eigenvalue weighted by Crippen LogP contribution is 2.06. The summed E-state index contributed by atoms with van der Waals surface area (Å²) in [4.78, 5) is 13.8. The van der Waals surface area contributed by atoms with Crippen molar-refractivity contribution >= 4 is 5.91 Å². The third-order valence-electron chi connectivity index (χ3n) is 2.75. The van der Waals surface area contributed by atoms with Crippen LogP contribution >= 0.6 is 0 Å². The molecular formula is C12H18N2O2. The van der Waals surface area contributed by atoms with Crippen LogP contribution in [0.2, 0.25) is 0 Å². The number of hydrogen-bond donors (Lipinski definition) is 1. The fourth-order valence-corrected chi connectivity index (χ4v) is 1.87. The molecule has 1 fully saturated rings. The van der Waals surface area contributed by atoms with Gasteiger partial charge in [0, 0.05) is 18.8 Å². The standard InChI is InChI=1S/C12H18N2O2/c15-12(10-14-6-8-16-9-7-14)13-11-4-2-1-3-5-11/h2,4-5H,1,3,6-10H2,(H,13,15). The van der Waals surface area contributed by atoms with Crippen molar-refractivity contribution in [1.82, 2.24) is 10.2 Å². The number of nitrogens with zero attached hydrogens (tertiary/aromatic N) is 1. The van der Waals surface area contributed by atoms with Gasteiger partial charge in [0.1, 0.15) is 0 Å². The summed E-state index contributed by atoms with van der Waals surface area (Å²) in [6.45, 7) is 3.63. The van der Waals surface area contributed by atoms with Crippen molar-refractivity contribution < 1.29 is 9.53 Å². The highest BCUT2D eigenvalue weighted by atomic mass is 16.5. The lowest BCUT2D eigenvalue weighted by molar-refractivity contribution is -0.122. The Labute approximate surface area is 95.9 Å². The summed E-state index contributed by atoms with van der Waals surface area (Å²) in [7, 11) is 0. The van der Waals surface area contributed by atoms with Gasteiger partial charge in [0.25, 0.3) is 0 Å². The number of morpholine rings is 1. The molecule has 88 valence electrons. The Kier molecular flexibility index (Phi) is 4.13. The third-order valence-corrected chi connectivity index (χ3v) is 2.75. The molecule has 0 radical (unpaired) electrons. The van der Waals surface area contributed by atoms with Crippen LogP contribution in [0.3, 0.4) is 0 Å². The molecule has 1 aliphatic heterocycles. The summed E-state index contributed by atoms with van der Waals surface area (Å²) in [5, 5.41) is 2.92. The zero-order chi connectivity index (χ0) is 11.2. The summed E-state index contributed by atoms with van der Waals surface area (Å²) in [6, 6.07) is 0. The minimum absolute atomic E-state index is 0.0692. The van der Waals surface area contributed by atoms with Crippen molar-refractivity contribution in [2.24, 2.45) is 0 Å². The first-order valence-electron chi connectivity index (χ1n) is 5.81. The first-order valence-corrected chi connectivity index (χ1v) is 5.81. The predicted octanol–water partition coefficient (Wildman–Crippen LogP) is 0.669. The van der Waals surface area contributed by atoms with Gasteiger partial charge < -0.3 is 10.1 Å². The molecule has 4 nitrogen and oxygen atoms in total. The number of rotatable bonds is 3. The average Bonchev–Trinajstić information content (AvgIpc) is 2.31. The van der Waals surface area contributed by atoms with Crippen LogP contribution in [0.5, 0.6) is 0 Å². The van der Waals surface area contributed by atoms with Gasteiger partial charge in [-0.05, 0) is 18.9 Å². The third kappa shape index (κ3) is 3.47. The highest BCUT2D eigenvalue weighted by molar-refractivity contribution is 5.80. The predicted molar refractivity (Wildman–Crippen MR) is 61.9 cm³/mol. The van der Waals surface area contributed by atoms with E-state index in [1.165, 1.54) is 0 Å². The minimum Gasteiger partial charge on any atom is -0.379 e. The van der Waals surface area contributed by atoms with Crippen LogP contribution in [0.25, 0.3) is 0 Å². The lowest BCUT2D eigenvalue weighted by Gasteiger charge is -2.25. The number of ether oxygens (including phenoxy) is 1. The first kappa shape index (κ1) is 11.4. The lowest BCUT2D eigenvalue weighted by Crippen LogP contribution is -2.42. The van der Waals surface area contributed by atoms with Crippen molar-refractivity contribution in [2.45, 2.75) is 12.8 Å². The number of hydrogen-bond acceptors (Lipinski definition) is 3. The van der Waals surface area contributed by atoms with Gasteiger partial charge in [-0.25, -0.2) is 0 Å². The SMILES string of the molecule is O=C(CN1CCOCC1)NC1=CCCC=C1. The topological polar surface area (TPSA) is 41.6 Å². The molecule has 16 heavy (non-hydrogen) atoms. The maximum absolute atomic E-state index is 11.7. The molecule has 4 heteroatoms. The molecule has 1 amide bonds. The second-order valence-corrected chi connectivity index (χ2v) is 4.08. The summed E-state index contributed by atoms with van der Waals surface area (Å²) in [5.74, 6) is 0.0692. The van der Waals surface area contributed by atoms with Gasteiger partial charge in [-0.1, -0.05) is 12.2 Å². The van der Waals surface area contributed by atoms with Gasteiger partial charge in [0.2, 0.25) is 5.91 Å². The molecule has 0 aromatic heterocycles. The van der Waals surface area contributed by atoms with Crippen molar-refractivity contribution in [3.63, 3.8) is 0 Å². The Morgan fingerprint density at radius 2 is 2.19 bits per heavy atom. The molecule has 0 atom stereocenters. The Hall–Kier alpha value is -1.13. The molecule has 1 N–H and O–H groups in total. The highest BCUT2D eigenvalue weighted by Gasteiger charge is 2.14. The number of nitrogens with one attached hydrogen (secondary N) is 1. The molecular weight excluding hydrogens is 204 g/mol. The van der Waals surface area contributed by atoms with E-state index in [2.05, 4.69) is 22.4 Å². The Morgan fingerprint density at radius 3 is 2.88 bits per heavy atom. The quantitative estimate of drug-likeness (QED) is 0.763. The monoisotopic (exact) mass is 222 g/mol. The number of carbonyl (C=O) groups is 1. The fraction of sp³-hybridized carbons (Fsp3) is 0.583. The normalized spacial score (nSPS) is 21.6. The fourth-order valence-electron chi connectivity index (χ4n) is 1.87. The van der Waals surface area contributed by atoms with E-state index >= 15 is 0 Å². The van der Waals surface area contributed by atoms with Gasteiger partial charge >= 0.3 is 0 Å². The van der Waals surface area contributed by atoms with Crippen LogP contribution in [0.4, 0.5) is 0 Å². The molecule has 1 saturated heterocycles. The van der Waals surface area contributed by atoms with Crippen molar-refractivity contribution in [3.8, 4) is 0 Å². The van der Waals surface area contributed by atoms with Gasteiger partial charge in [0.05, 0.1) is 19.8 Å². The smallest absolute Gasteiger partial charge is 0.238 e. The van der Waals surface area contributed by atoms with E-state index in [9.17, 15) is 4.79 Å². The summed E-state index contributed by atoms with van der Waals surface area (Å²) < 4.78 is 5.24. The van der Waals surface area contributed by atoms with Gasteiger partial charge in [-0.15, -0.1) is 0 Å². The maximum Gasteiger partial charge on any atom is 0.238 e. The summed E-state index contributed by atoms with van der Waals surface area (Å²) in [5.41, 5.74) is 0.935. The van der Waals surface area contributed by atoms with Crippen molar-refractivity contribution in [3.05, 3.63) is 23.9 Å². The Morgan fingerprint density at radius 1 is 1.38 bits per heavy atom. The van der Waals surface area contributed by atoms with Crippen LogP contribution in [0, 0.1) is 0 Å². The molecule has 2 rings (SSSR count). The molecule has 1 aliphatic carbocycles. The second-order valence-electron chi connectivity index (χ2n) is 4.08. The van der Waals surface area contributed by atoms with E-state index in [1.54, 1.807) is 0 Å². The summed E-state index contributed by atoms with van der Waals surface area (Å²) in [6.07, 6.45) is 8.22. The Balaban J connectivity index is 1.75. The minimum atomic E-state index is 0.0692. The maximum atomic E-state index is 11.7. The van der Waals surface area contributed by atoms with Gasteiger partial charge in [-0.2, -0.15) is 0 Å². The molecule has 0 aromatic carbocycles. The molecule has 0 unspecified atom stereocenters. The molecule has 2 aliphatic rings. The second kappa shape index (κ2) is 5.82. The van der Waals surface area contributed by atoms with Crippen LogP contribution in [-0.4, -0.2) is 43.7 Å². The molecule has 1 heterocycles. The largest absolute Gasteiger partial charge is 0.379 e. The van der Waals surface area contributed by atoms with E-state index in [0.29, 0.717) is 6.54 Å². The molecule has 0 bridgehead atoms. The van der Waals surface area contributed by atoms with Crippen molar-refractivity contribution in [2.75, 3.05) is 32.8 Å². The summed E-state index contributed by atoms with van der Waals surface area (Å²) >= 11 is 0. The number of amides is 1. The molecule has 0 spiro atoms. The van der Waals surface area contributed by atoms with Crippen LogP contribution in [0.1, 0.15) is 12.8 Å². The first-order chi connectivity index (χ1) is 7.84. The van der Waals surface area contributed by atoms with Crippen LogP contribution < -0.4 is 5.32 Å². The van der Waals surface area contributed by atoms with Gasteiger partial charge in [0.15, 0.2) is 0 Å². The number of carbonyl (C=O) groups excluding carboxylic acids is 1. The molecule has 0 saturated carbocycles. The van der Waals surface area contributed by atoms with E-state index in [0.717, 1.165) is 44.8 Å². The van der Waals surface area contributed by atoms with Crippen LogP contribution in [0.15, 0.2) is 23.9 Å². The number of allylic oxidation sites excluding steroid dienone is 3. The van der Waals surface area contributed by atoms with E-state index < -0.39 is 0 Å². The van der Waals surface area contributed by atoms with E-state index in [-0.39, 0.29) is 5.91 Å². The average molecular weight is 222 g/mol. The van der Waals surface area contributed by atoms with Crippen molar-refractivity contribution in [1.29, 1.82) is 0 Å². The molecule has 0 aromatic rings. The zero-order valence-electron chi connectivity index (χ0n) is 9.45.